The monoisotopic (exact) mass is 876 g/mol. The molecular weight excluding hydrogens is 817 g/mol. The van der Waals surface area contributed by atoms with Crippen molar-refractivity contribution in [2.75, 3.05) is 40.9 Å². The summed E-state index contributed by atoms with van der Waals surface area (Å²) in [6.07, 6.45) is 6.08. The van der Waals surface area contributed by atoms with Crippen LogP contribution in [0.2, 0.25) is 0 Å². The summed E-state index contributed by atoms with van der Waals surface area (Å²) in [6.45, 7) is 23.8. The van der Waals surface area contributed by atoms with Gasteiger partial charge in [-0.2, -0.15) is 5.26 Å². The summed E-state index contributed by atoms with van der Waals surface area (Å²) < 4.78 is 0. The predicted octanol–water partition coefficient (Wildman–Crippen LogP) is 14.5. The van der Waals surface area contributed by atoms with Crippen molar-refractivity contribution in [3.8, 4) is 38.8 Å². The number of nitriles is 1. The zero-order chi connectivity index (χ0) is 45.6. The number of benzene rings is 5. The number of anilines is 5. The van der Waals surface area contributed by atoms with Gasteiger partial charge in [0, 0.05) is 64.4 Å². The van der Waals surface area contributed by atoms with E-state index in [4.69, 9.17) is 0 Å². The summed E-state index contributed by atoms with van der Waals surface area (Å²) in [7, 11) is 0. The Labute approximate surface area is 389 Å². The minimum Gasteiger partial charge on any atom is -0.477 e. The fourth-order valence-corrected chi connectivity index (χ4v) is 11.9. The summed E-state index contributed by atoms with van der Waals surface area (Å²) in [6, 6.07) is 42.4. The molecule has 7 heteroatoms. The number of hydrogen-bond donors (Lipinski definition) is 1. The van der Waals surface area contributed by atoms with Crippen molar-refractivity contribution in [1.82, 2.24) is 0 Å². The van der Waals surface area contributed by atoms with Crippen LogP contribution in [0.1, 0.15) is 108 Å². The quantitative estimate of drug-likeness (QED) is 0.121. The van der Waals surface area contributed by atoms with Crippen LogP contribution < -0.4 is 14.7 Å². The zero-order valence-electron chi connectivity index (χ0n) is 39.2. The van der Waals surface area contributed by atoms with E-state index in [1.807, 2.05) is 12.1 Å². The van der Waals surface area contributed by atoms with Crippen LogP contribution in [0.4, 0.5) is 28.4 Å². The average Bonchev–Trinajstić information content (AvgIpc) is 3.76. The maximum atomic E-state index is 11.5. The van der Waals surface area contributed by atoms with Gasteiger partial charge in [-0.3, -0.25) is 0 Å². The van der Waals surface area contributed by atoms with Crippen LogP contribution in [-0.2, 0) is 26.5 Å². The lowest BCUT2D eigenvalue weighted by molar-refractivity contribution is -0.132. The summed E-state index contributed by atoms with van der Waals surface area (Å²) in [4.78, 5) is 20.9. The van der Waals surface area contributed by atoms with Crippen molar-refractivity contribution in [3.63, 3.8) is 0 Å². The Morgan fingerprint density at radius 3 is 1.25 bits per heavy atom. The number of carboxylic acids is 1. The van der Waals surface area contributed by atoms with Gasteiger partial charge in [0.05, 0.1) is 0 Å². The first-order valence-corrected chi connectivity index (χ1v) is 24.2. The van der Waals surface area contributed by atoms with E-state index >= 15 is 0 Å². The van der Waals surface area contributed by atoms with E-state index in [2.05, 4.69) is 167 Å². The first kappa shape index (κ1) is 42.8. The first-order valence-electron chi connectivity index (χ1n) is 23.4. The van der Waals surface area contributed by atoms with Crippen molar-refractivity contribution < 1.29 is 9.90 Å². The van der Waals surface area contributed by atoms with E-state index in [1.165, 1.54) is 73.3 Å². The summed E-state index contributed by atoms with van der Waals surface area (Å²) in [5, 5.41) is 18.7. The molecule has 330 valence electrons. The van der Waals surface area contributed by atoms with E-state index in [9.17, 15) is 15.2 Å². The molecule has 0 spiro atoms. The number of aliphatic carboxylic acids is 1. The van der Waals surface area contributed by atoms with Gasteiger partial charge in [-0.1, -0.05) is 91.8 Å². The van der Waals surface area contributed by atoms with Gasteiger partial charge in [0.2, 0.25) is 0 Å². The van der Waals surface area contributed by atoms with Crippen molar-refractivity contribution >= 4 is 51.8 Å². The van der Waals surface area contributed by atoms with Gasteiger partial charge < -0.3 is 19.8 Å². The molecule has 5 heterocycles. The molecule has 0 saturated carbocycles. The number of hydrogen-bond acceptors (Lipinski definition) is 6. The summed E-state index contributed by atoms with van der Waals surface area (Å²) in [5.41, 5.74) is 18.2. The van der Waals surface area contributed by atoms with Crippen LogP contribution in [0.3, 0.4) is 0 Å². The lowest BCUT2D eigenvalue weighted by atomic mass is 9.69. The number of nitrogens with zero attached hydrogens (tertiary/aromatic N) is 4. The fraction of sp³-hybridized carbons (Fsp3) is 0.345. The maximum Gasteiger partial charge on any atom is 0.346 e. The molecule has 6 nitrogen and oxygen atoms in total. The SMILES string of the molecule is CC1(C)CCN2CCC(C)(C)c3cc(-c4ccc(N(c5ccc(-c6cc7c8c(c6)C(C)(C)CCN8CCC7(C)C)cc5)c5ccc(-c6ccc(/C=C(\C#N)C(=O)O)s6)cc5)cc4)cc1c32. The van der Waals surface area contributed by atoms with E-state index in [0.29, 0.717) is 0 Å². The highest BCUT2D eigenvalue weighted by molar-refractivity contribution is 7.16. The molecule has 10 rings (SSSR count). The van der Waals surface area contributed by atoms with Crippen LogP contribution in [0.5, 0.6) is 0 Å². The lowest BCUT2D eigenvalue weighted by Gasteiger charge is -2.48. The van der Waals surface area contributed by atoms with Crippen molar-refractivity contribution in [3.05, 3.63) is 142 Å². The lowest BCUT2D eigenvalue weighted by Crippen LogP contribution is -2.44. The summed E-state index contributed by atoms with van der Waals surface area (Å²) >= 11 is 1.47. The minimum atomic E-state index is -1.22. The average molecular weight is 877 g/mol. The number of thiophene rings is 1. The van der Waals surface area contributed by atoms with Gasteiger partial charge in [0.25, 0.3) is 0 Å². The molecule has 0 amide bonds. The number of carbonyl (C=O) groups is 1. The van der Waals surface area contributed by atoms with Crippen LogP contribution in [0.25, 0.3) is 38.8 Å². The maximum absolute atomic E-state index is 11.5. The van der Waals surface area contributed by atoms with E-state index in [0.717, 1.165) is 84.2 Å². The van der Waals surface area contributed by atoms with Gasteiger partial charge in [0.1, 0.15) is 11.6 Å². The van der Waals surface area contributed by atoms with Crippen molar-refractivity contribution in [2.45, 2.75) is 103 Å². The van der Waals surface area contributed by atoms with E-state index in [1.54, 1.807) is 6.07 Å². The number of rotatable bonds is 8. The fourth-order valence-electron chi connectivity index (χ4n) is 10.9. The Morgan fingerprint density at radius 1 is 0.554 bits per heavy atom. The third-order valence-corrected chi connectivity index (χ3v) is 16.5. The highest BCUT2D eigenvalue weighted by Crippen LogP contribution is 2.52. The standard InChI is InChI=1S/C58H60N4O2S/c1-55(2)23-27-60-28-24-56(3,4)48-33-40(32-47(55)52(48)60)37-9-15-43(16-10-37)62(45-19-13-39(14-20-45)51-22-21-46(65-51)31-42(36-59)54(63)64)44-17-11-38(12-18-44)41-34-49-53-50(35-41)58(7,8)26-30-61(53)29-25-57(49,5)6/h9-22,31-35H,23-30H2,1-8H3,(H,63,64)/b42-31+. The van der Waals surface area contributed by atoms with E-state index < -0.39 is 5.97 Å². The third-order valence-electron chi connectivity index (χ3n) is 15.4. The number of carboxylic acid groups (broad SMARTS) is 1. The smallest absolute Gasteiger partial charge is 0.346 e. The molecule has 0 saturated heterocycles. The first-order chi connectivity index (χ1) is 30.9. The summed E-state index contributed by atoms with van der Waals surface area (Å²) in [5.74, 6) is -1.22. The molecule has 4 aliphatic rings. The molecule has 0 atom stereocenters. The minimum absolute atomic E-state index is 0.113. The second-order valence-electron chi connectivity index (χ2n) is 21.5. The molecule has 65 heavy (non-hydrogen) atoms. The van der Waals surface area contributed by atoms with Gasteiger partial charge in [-0.25, -0.2) is 4.79 Å². The van der Waals surface area contributed by atoms with Gasteiger partial charge in [0.15, 0.2) is 0 Å². The molecule has 6 aromatic rings. The molecule has 0 radical (unpaired) electrons. The Bertz CT molecular complexity index is 2700. The third kappa shape index (κ3) is 7.54. The van der Waals surface area contributed by atoms with Crippen LogP contribution in [-0.4, -0.2) is 37.3 Å². The van der Waals surface area contributed by atoms with Crippen LogP contribution >= 0.6 is 11.3 Å². The Kier molecular flexibility index (Phi) is 10.2. The highest BCUT2D eigenvalue weighted by atomic mass is 32.1. The van der Waals surface area contributed by atoms with Crippen molar-refractivity contribution in [2.24, 2.45) is 0 Å². The zero-order valence-corrected chi connectivity index (χ0v) is 40.0. The van der Waals surface area contributed by atoms with Crippen molar-refractivity contribution in [1.29, 1.82) is 5.26 Å². The van der Waals surface area contributed by atoms with Crippen LogP contribution in [0, 0.1) is 11.3 Å². The molecule has 1 aromatic heterocycles. The van der Waals surface area contributed by atoms with Gasteiger partial charge in [-0.15, -0.1) is 11.3 Å². The van der Waals surface area contributed by atoms with Gasteiger partial charge >= 0.3 is 5.97 Å². The Hall–Kier alpha value is -6.10. The van der Waals surface area contributed by atoms with Gasteiger partial charge in [-0.05, 0) is 176 Å². The normalized spacial score (nSPS) is 18.6. The second kappa shape index (κ2) is 15.5. The topological polar surface area (TPSA) is 70.8 Å². The molecule has 0 aliphatic carbocycles. The molecular formula is C58H60N4O2S. The highest BCUT2D eigenvalue weighted by Gasteiger charge is 2.42. The molecule has 4 aliphatic heterocycles. The molecule has 1 N–H and O–H groups in total. The Morgan fingerprint density at radius 2 is 0.908 bits per heavy atom. The molecule has 0 fully saturated rings. The molecule has 0 unspecified atom stereocenters. The Balaban J connectivity index is 1.04. The van der Waals surface area contributed by atoms with E-state index in [-0.39, 0.29) is 27.2 Å². The van der Waals surface area contributed by atoms with Crippen LogP contribution in [0.15, 0.2) is 115 Å². The second-order valence-corrected chi connectivity index (χ2v) is 22.6. The molecule has 5 aromatic carbocycles. The predicted molar refractivity (Wildman–Crippen MR) is 272 cm³/mol. The molecule has 0 bridgehead atoms. The largest absolute Gasteiger partial charge is 0.477 e.